The molecule has 0 unspecified atom stereocenters. The molecular formula is C6H10N2O. The summed E-state index contributed by atoms with van der Waals surface area (Å²) in [5, 5.41) is 0. The Morgan fingerprint density at radius 2 is 2.33 bits per heavy atom. The average molecular weight is 126 g/mol. The van der Waals surface area contributed by atoms with Gasteiger partial charge in [0.15, 0.2) is 0 Å². The number of carbonyl (C=O) groups excluding carboxylic acids is 1. The monoisotopic (exact) mass is 126 g/mol. The molecule has 9 heavy (non-hydrogen) atoms. The van der Waals surface area contributed by atoms with E-state index in [9.17, 15) is 4.79 Å². The van der Waals surface area contributed by atoms with Gasteiger partial charge in [-0.15, -0.1) is 0 Å². The van der Waals surface area contributed by atoms with Gasteiger partial charge >= 0.3 is 0 Å². The van der Waals surface area contributed by atoms with E-state index in [1.54, 1.807) is 18.9 Å². The van der Waals surface area contributed by atoms with Crippen LogP contribution in [-0.2, 0) is 4.79 Å². The van der Waals surface area contributed by atoms with Crippen LogP contribution in [0.4, 0.5) is 0 Å². The van der Waals surface area contributed by atoms with Crippen LogP contribution in [0.1, 0.15) is 6.92 Å². The van der Waals surface area contributed by atoms with Crippen LogP contribution in [0.2, 0.25) is 0 Å². The zero-order chi connectivity index (χ0) is 6.85. The quantitative estimate of drug-likeness (QED) is 0.447. The molecule has 0 spiro atoms. The lowest BCUT2D eigenvalue weighted by Crippen LogP contribution is -2.37. The fraction of sp³-hybridized carbons (Fsp3) is 0.667. The van der Waals surface area contributed by atoms with Crippen molar-refractivity contribution in [2.24, 2.45) is 4.99 Å². The van der Waals surface area contributed by atoms with Gasteiger partial charge in [-0.2, -0.15) is 0 Å². The van der Waals surface area contributed by atoms with Crippen molar-refractivity contribution in [3.8, 4) is 0 Å². The van der Waals surface area contributed by atoms with Crippen molar-refractivity contribution in [2.45, 2.75) is 6.92 Å². The molecule has 0 saturated heterocycles. The maximum absolute atomic E-state index is 10.9. The van der Waals surface area contributed by atoms with Crippen molar-refractivity contribution >= 4 is 11.6 Å². The maximum Gasteiger partial charge on any atom is 0.267 e. The molecule has 0 aromatic carbocycles. The average Bonchev–Trinajstić information content (AvgIpc) is 1.83. The third-order valence-corrected chi connectivity index (χ3v) is 1.44. The molecule has 0 N–H and O–H groups in total. The summed E-state index contributed by atoms with van der Waals surface area (Å²) >= 11 is 0. The smallest absolute Gasteiger partial charge is 0.267 e. The van der Waals surface area contributed by atoms with Crippen molar-refractivity contribution in [1.82, 2.24) is 4.90 Å². The second-order valence-electron chi connectivity index (χ2n) is 2.19. The molecule has 0 saturated carbocycles. The summed E-state index contributed by atoms with van der Waals surface area (Å²) in [7, 11) is 1.79. The Morgan fingerprint density at radius 3 is 2.78 bits per heavy atom. The molecule has 1 heterocycles. The molecule has 1 amide bonds. The molecule has 0 aromatic heterocycles. The van der Waals surface area contributed by atoms with Crippen LogP contribution in [0, 0.1) is 0 Å². The number of aliphatic imine (C=N–C) groups is 1. The Kier molecular flexibility index (Phi) is 1.51. The van der Waals surface area contributed by atoms with Gasteiger partial charge in [0, 0.05) is 13.6 Å². The zero-order valence-electron chi connectivity index (χ0n) is 5.72. The van der Waals surface area contributed by atoms with E-state index in [-0.39, 0.29) is 5.91 Å². The molecular weight excluding hydrogens is 116 g/mol. The van der Waals surface area contributed by atoms with Gasteiger partial charge in [0.25, 0.3) is 5.91 Å². The molecule has 1 aliphatic rings. The Labute approximate surface area is 54.4 Å². The van der Waals surface area contributed by atoms with Crippen LogP contribution in [0.3, 0.4) is 0 Å². The minimum absolute atomic E-state index is 0.0567. The Balaban J connectivity index is 2.74. The highest BCUT2D eigenvalue weighted by Crippen LogP contribution is 1.95. The second-order valence-corrected chi connectivity index (χ2v) is 2.19. The van der Waals surface area contributed by atoms with Crippen LogP contribution in [0.5, 0.6) is 0 Å². The van der Waals surface area contributed by atoms with Crippen molar-refractivity contribution in [3.05, 3.63) is 0 Å². The Bertz CT molecular complexity index is 162. The Hall–Kier alpha value is -0.860. The van der Waals surface area contributed by atoms with E-state index in [4.69, 9.17) is 0 Å². The third kappa shape index (κ3) is 1.09. The lowest BCUT2D eigenvalue weighted by atomic mass is 10.3. The number of amides is 1. The number of rotatable bonds is 0. The predicted molar refractivity (Wildman–Crippen MR) is 35.6 cm³/mol. The standard InChI is InChI=1S/C6H10N2O/c1-5-6(9)8(2)4-3-7-5/h3-4H2,1-2H3. The zero-order valence-corrected chi connectivity index (χ0v) is 5.72. The van der Waals surface area contributed by atoms with Crippen LogP contribution < -0.4 is 0 Å². The first-order valence-electron chi connectivity index (χ1n) is 2.98. The van der Waals surface area contributed by atoms with E-state index in [0.717, 1.165) is 13.1 Å². The van der Waals surface area contributed by atoms with Crippen LogP contribution in [0.25, 0.3) is 0 Å². The van der Waals surface area contributed by atoms with Gasteiger partial charge in [-0.25, -0.2) is 0 Å². The first-order valence-corrected chi connectivity index (χ1v) is 2.98. The largest absolute Gasteiger partial charge is 0.339 e. The molecule has 0 aliphatic carbocycles. The molecule has 3 heteroatoms. The number of nitrogens with zero attached hydrogens (tertiary/aromatic N) is 2. The molecule has 1 aliphatic heterocycles. The Morgan fingerprint density at radius 1 is 1.67 bits per heavy atom. The highest BCUT2D eigenvalue weighted by Gasteiger charge is 2.14. The van der Waals surface area contributed by atoms with Crippen molar-refractivity contribution in [3.63, 3.8) is 0 Å². The van der Waals surface area contributed by atoms with Crippen LogP contribution >= 0.6 is 0 Å². The first kappa shape index (κ1) is 6.26. The lowest BCUT2D eigenvalue weighted by Gasteiger charge is -2.19. The van der Waals surface area contributed by atoms with Gasteiger partial charge in [0.05, 0.1) is 12.3 Å². The SMILES string of the molecule is CC1=NCCN(C)C1=O. The number of hydrogen-bond acceptors (Lipinski definition) is 2. The summed E-state index contributed by atoms with van der Waals surface area (Å²) in [6.45, 7) is 3.27. The van der Waals surface area contributed by atoms with Crippen molar-refractivity contribution < 1.29 is 4.79 Å². The maximum atomic E-state index is 10.9. The van der Waals surface area contributed by atoms with Gasteiger partial charge in [0.2, 0.25) is 0 Å². The van der Waals surface area contributed by atoms with Crippen LogP contribution in [-0.4, -0.2) is 36.7 Å². The predicted octanol–water partition coefficient (Wildman–Crippen LogP) is -0.0807. The fourth-order valence-electron chi connectivity index (χ4n) is 0.813. The fourth-order valence-corrected chi connectivity index (χ4v) is 0.813. The van der Waals surface area contributed by atoms with Gasteiger partial charge in [-0.1, -0.05) is 0 Å². The van der Waals surface area contributed by atoms with Gasteiger partial charge in [-0.05, 0) is 6.92 Å². The summed E-state index contributed by atoms with van der Waals surface area (Å²) in [5.74, 6) is 0.0567. The summed E-state index contributed by atoms with van der Waals surface area (Å²) in [6.07, 6.45) is 0. The summed E-state index contributed by atoms with van der Waals surface area (Å²) in [6, 6.07) is 0. The third-order valence-electron chi connectivity index (χ3n) is 1.44. The van der Waals surface area contributed by atoms with E-state index in [2.05, 4.69) is 4.99 Å². The second kappa shape index (κ2) is 2.17. The molecule has 50 valence electrons. The molecule has 0 bridgehead atoms. The van der Waals surface area contributed by atoms with E-state index in [1.165, 1.54) is 0 Å². The normalized spacial score (nSPS) is 20.0. The molecule has 0 atom stereocenters. The topological polar surface area (TPSA) is 32.7 Å². The molecule has 0 fully saturated rings. The number of likely N-dealkylation sites (N-methyl/N-ethyl adjacent to an activating group) is 1. The number of hydrogen-bond donors (Lipinski definition) is 0. The van der Waals surface area contributed by atoms with Crippen LogP contribution in [0.15, 0.2) is 4.99 Å². The minimum atomic E-state index is 0.0567. The van der Waals surface area contributed by atoms with E-state index in [1.807, 2.05) is 0 Å². The molecule has 0 radical (unpaired) electrons. The van der Waals surface area contributed by atoms with Gasteiger partial charge < -0.3 is 4.90 Å². The summed E-state index contributed by atoms with van der Waals surface area (Å²) < 4.78 is 0. The van der Waals surface area contributed by atoms with Crippen molar-refractivity contribution in [1.29, 1.82) is 0 Å². The van der Waals surface area contributed by atoms with E-state index < -0.39 is 0 Å². The van der Waals surface area contributed by atoms with Gasteiger partial charge in [-0.3, -0.25) is 9.79 Å². The summed E-state index contributed by atoms with van der Waals surface area (Å²) in [4.78, 5) is 16.6. The van der Waals surface area contributed by atoms with E-state index in [0.29, 0.717) is 5.71 Å². The first-order chi connectivity index (χ1) is 4.22. The van der Waals surface area contributed by atoms with E-state index >= 15 is 0 Å². The molecule has 3 nitrogen and oxygen atoms in total. The molecule has 1 rings (SSSR count). The number of carbonyl (C=O) groups is 1. The van der Waals surface area contributed by atoms with Gasteiger partial charge in [0.1, 0.15) is 0 Å². The lowest BCUT2D eigenvalue weighted by molar-refractivity contribution is -0.123. The van der Waals surface area contributed by atoms with Crippen molar-refractivity contribution in [2.75, 3.05) is 20.1 Å². The molecule has 0 aromatic rings. The highest BCUT2D eigenvalue weighted by atomic mass is 16.2. The highest BCUT2D eigenvalue weighted by molar-refractivity contribution is 6.38. The minimum Gasteiger partial charge on any atom is -0.339 e. The summed E-state index contributed by atoms with van der Waals surface area (Å²) in [5.41, 5.74) is 0.628.